The van der Waals surface area contributed by atoms with Crippen molar-refractivity contribution in [1.82, 2.24) is 10.6 Å². The van der Waals surface area contributed by atoms with E-state index in [4.69, 9.17) is 17.0 Å². The molecule has 1 unspecified atom stereocenters. The van der Waals surface area contributed by atoms with Crippen molar-refractivity contribution in [2.45, 2.75) is 26.3 Å². The molecule has 1 rings (SSSR count). The molecule has 0 spiro atoms. The van der Waals surface area contributed by atoms with Gasteiger partial charge in [0.1, 0.15) is 11.0 Å². The van der Waals surface area contributed by atoms with Crippen molar-refractivity contribution >= 4 is 29.1 Å². The van der Waals surface area contributed by atoms with Gasteiger partial charge in [-0.3, -0.25) is 4.79 Å². The van der Waals surface area contributed by atoms with E-state index in [0.29, 0.717) is 17.2 Å². The predicted molar refractivity (Wildman–Crippen MR) is 67.5 cm³/mol. The zero-order chi connectivity index (χ0) is 12.8. The third-order valence-electron chi connectivity index (χ3n) is 2.26. The molecule has 0 bridgehead atoms. The topological polar surface area (TPSA) is 67.4 Å². The molecule has 2 N–H and O–H groups in total. The molecule has 0 aromatic carbocycles. The fourth-order valence-corrected chi connectivity index (χ4v) is 1.66. The minimum atomic E-state index is -0.673. The summed E-state index contributed by atoms with van der Waals surface area (Å²) in [6.07, 6.45) is 2.52. The average molecular weight is 256 g/mol. The molecule has 5 nitrogen and oxygen atoms in total. The average Bonchev–Trinajstić information content (AvgIpc) is 2.29. The number of ether oxygens (including phenoxy) is 1. The second kappa shape index (κ2) is 6.34. The number of carbonyl (C=O) groups excluding carboxylic acids is 2. The van der Waals surface area contributed by atoms with E-state index in [1.165, 1.54) is 0 Å². The van der Waals surface area contributed by atoms with Gasteiger partial charge in [0, 0.05) is 6.54 Å². The molecule has 1 atom stereocenters. The highest BCUT2D eigenvalue weighted by Gasteiger charge is 2.22. The molecule has 0 fully saturated rings. The van der Waals surface area contributed by atoms with Crippen molar-refractivity contribution in [2.75, 3.05) is 13.2 Å². The first-order valence-corrected chi connectivity index (χ1v) is 5.93. The minimum absolute atomic E-state index is 0.293. The first-order valence-electron chi connectivity index (χ1n) is 5.52. The molecular formula is C11H16N2O3S. The van der Waals surface area contributed by atoms with Crippen molar-refractivity contribution in [2.24, 2.45) is 0 Å². The first-order chi connectivity index (χ1) is 8.06. The van der Waals surface area contributed by atoms with Crippen LogP contribution in [0.5, 0.6) is 0 Å². The Labute approximate surface area is 106 Å². The Bertz CT molecular complexity index is 366. The van der Waals surface area contributed by atoms with Gasteiger partial charge in [0.2, 0.25) is 0 Å². The summed E-state index contributed by atoms with van der Waals surface area (Å²) in [5.74, 6) is -0.793. The summed E-state index contributed by atoms with van der Waals surface area (Å²) in [5.41, 5.74) is 0.419. The van der Waals surface area contributed by atoms with Gasteiger partial charge in [0.15, 0.2) is 0 Å². The van der Waals surface area contributed by atoms with E-state index in [1.54, 1.807) is 19.9 Å². The van der Waals surface area contributed by atoms with Crippen LogP contribution < -0.4 is 10.6 Å². The summed E-state index contributed by atoms with van der Waals surface area (Å²) in [7, 11) is 0. The smallest absolute Gasteiger partial charge is 0.328 e. The van der Waals surface area contributed by atoms with Gasteiger partial charge in [0.05, 0.1) is 12.2 Å². The van der Waals surface area contributed by atoms with Crippen LogP contribution in [0.25, 0.3) is 0 Å². The van der Waals surface area contributed by atoms with Gasteiger partial charge in [-0.05, 0) is 20.3 Å². The molecule has 0 aromatic heterocycles. The van der Waals surface area contributed by atoms with E-state index in [0.717, 1.165) is 13.0 Å². The second-order valence-corrected chi connectivity index (χ2v) is 4.02. The highest BCUT2D eigenvalue weighted by molar-refractivity contribution is 7.80. The molecule has 94 valence electrons. The van der Waals surface area contributed by atoms with Gasteiger partial charge in [0.25, 0.3) is 5.91 Å². The normalized spacial score (nSPS) is 16.6. The Balaban J connectivity index is 2.57. The summed E-state index contributed by atoms with van der Waals surface area (Å²) >= 11 is 5.02. The van der Waals surface area contributed by atoms with E-state index in [1.807, 2.05) is 0 Å². The summed E-state index contributed by atoms with van der Waals surface area (Å²) in [5, 5.41) is 5.48. The number of carbonyl (C=O) groups is 2. The van der Waals surface area contributed by atoms with Crippen molar-refractivity contribution < 1.29 is 14.3 Å². The lowest BCUT2D eigenvalue weighted by Crippen LogP contribution is -2.43. The Kier molecular flexibility index (Phi) is 5.09. The lowest BCUT2D eigenvalue weighted by atomic mass is 10.1. The monoisotopic (exact) mass is 256 g/mol. The number of hydrogen-bond acceptors (Lipinski definition) is 4. The molecule has 1 heterocycles. The maximum atomic E-state index is 11.8. The van der Waals surface area contributed by atoms with E-state index < -0.39 is 12.0 Å². The number of amides is 1. The van der Waals surface area contributed by atoms with Crippen LogP contribution >= 0.6 is 12.2 Å². The third-order valence-corrected chi connectivity index (χ3v) is 2.62. The fourth-order valence-electron chi connectivity index (χ4n) is 1.39. The molecule has 1 amide bonds. The SMILES string of the molecule is CCOC(=O)C(C)NC(=O)C1=CCCNC1=S. The third kappa shape index (κ3) is 3.81. The van der Waals surface area contributed by atoms with E-state index in [9.17, 15) is 9.59 Å². The zero-order valence-electron chi connectivity index (χ0n) is 9.91. The highest BCUT2D eigenvalue weighted by Crippen LogP contribution is 2.05. The quantitative estimate of drug-likeness (QED) is 0.559. The van der Waals surface area contributed by atoms with Crippen LogP contribution in [0.15, 0.2) is 11.6 Å². The zero-order valence-corrected chi connectivity index (χ0v) is 10.7. The summed E-state index contributed by atoms with van der Waals surface area (Å²) in [4.78, 5) is 23.6. The van der Waals surface area contributed by atoms with Crippen LogP contribution in [0, 0.1) is 0 Å². The van der Waals surface area contributed by atoms with E-state index in [-0.39, 0.29) is 5.91 Å². The van der Waals surface area contributed by atoms with Crippen LogP contribution in [0.4, 0.5) is 0 Å². The number of esters is 1. The van der Waals surface area contributed by atoms with Crippen molar-refractivity contribution in [1.29, 1.82) is 0 Å². The van der Waals surface area contributed by atoms with Crippen LogP contribution in [-0.4, -0.2) is 36.1 Å². The molecular weight excluding hydrogens is 240 g/mol. The van der Waals surface area contributed by atoms with Gasteiger partial charge in [-0.15, -0.1) is 0 Å². The van der Waals surface area contributed by atoms with Crippen LogP contribution in [-0.2, 0) is 14.3 Å². The lowest BCUT2D eigenvalue weighted by molar-refractivity contribution is -0.146. The van der Waals surface area contributed by atoms with Crippen LogP contribution in [0.2, 0.25) is 0 Å². The molecule has 6 heteroatoms. The van der Waals surface area contributed by atoms with E-state index in [2.05, 4.69) is 10.6 Å². The van der Waals surface area contributed by atoms with Crippen molar-refractivity contribution in [3.8, 4) is 0 Å². The number of nitrogens with one attached hydrogen (secondary N) is 2. The predicted octanol–water partition coefficient (Wildman–Crippen LogP) is 0.301. The molecule has 17 heavy (non-hydrogen) atoms. The molecule has 0 saturated carbocycles. The van der Waals surface area contributed by atoms with Crippen molar-refractivity contribution in [3.63, 3.8) is 0 Å². The standard InChI is InChI=1S/C11H16N2O3S/c1-3-16-11(15)7(2)13-9(14)8-5-4-6-12-10(8)17/h5,7H,3-4,6H2,1-2H3,(H,12,17)(H,13,14). The van der Waals surface area contributed by atoms with Gasteiger partial charge in [-0.1, -0.05) is 18.3 Å². The number of hydrogen-bond donors (Lipinski definition) is 2. The Hall–Kier alpha value is -1.43. The van der Waals surface area contributed by atoms with Crippen LogP contribution in [0.1, 0.15) is 20.3 Å². The Morgan fingerprint density at radius 1 is 1.65 bits per heavy atom. The van der Waals surface area contributed by atoms with Gasteiger partial charge >= 0.3 is 5.97 Å². The second-order valence-electron chi connectivity index (χ2n) is 3.61. The van der Waals surface area contributed by atoms with Gasteiger partial charge in [-0.25, -0.2) is 4.79 Å². The maximum absolute atomic E-state index is 11.8. The number of thiocarbonyl (C=S) groups is 1. The largest absolute Gasteiger partial charge is 0.464 e. The summed E-state index contributed by atoms with van der Waals surface area (Å²) in [6, 6.07) is -0.673. The molecule has 0 saturated heterocycles. The first kappa shape index (κ1) is 13.6. The molecule has 1 aliphatic rings. The Morgan fingerprint density at radius 3 is 2.94 bits per heavy atom. The van der Waals surface area contributed by atoms with Gasteiger partial charge < -0.3 is 15.4 Å². The summed E-state index contributed by atoms with van der Waals surface area (Å²) in [6.45, 7) is 4.33. The summed E-state index contributed by atoms with van der Waals surface area (Å²) < 4.78 is 4.80. The number of rotatable bonds is 4. The lowest BCUT2D eigenvalue weighted by Gasteiger charge is -2.18. The van der Waals surface area contributed by atoms with Gasteiger partial charge in [-0.2, -0.15) is 0 Å². The Morgan fingerprint density at radius 2 is 2.35 bits per heavy atom. The van der Waals surface area contributed by atoms with E-state index >= 15 is 0 Å². The van der Waals surface area contributed by atoms with Crippen molar-refractivity contribution in [3.05, 3.63) is 11.6 Å². The van der Waals surface area contributed by atoms with Crippen LogP contribution in [0.3, 0.4) is 0 Å². The minimum Gasteiger partial charge on any atom is -0.464 e. The molecule has 1 aliphatic heterocycles. The molecule has 0 radical (unpaired) electrons. The maximum Gasteiger partial charge on any atom is 0.328 e. The highest BCUT2D eigenvalue weighted by atomic mass is 32.1. The fraction of sp³-hybridized carbons (Fsp3) is 0.545. The molecule has 0 aliphatic carbocycles. The molecule has 0 aromatic rings.